The number of amides is 2. The Bertz CT molecular complexity index is 729. The van der Waals surface area contributed by atoms with Crippen molar-refractivity contribution in [3.63, 3.8) is 0 Å². The number of benzene rings is 2. The maximum atomic E-state index is 12.7. The number of nitrogens with one attached hydrogen (secondary N) is 2. The van der Waals surface area contributed by atoms with Gasteiger partial charge in [-0.2, -0.15) is 0 Å². The fourth-order valence-corrected chi connectivity index (χ4v) is 2.63. The minimum Gasteiger partial charge on any atom is -0.396 e. The van der Waals surface area contributed by atoms with E-state index in [1.54, 1.807) is 12.1 Å². The van der Waals surface area contributed by atoms with Gasteiger partial charge < -0.3 is 15.7 Å². The molecule has 2 amide bonds. The Hall–Kier alpha value is -2.66. The average Bonchev–Trinajstić information content (AvgIpc) is 2.60. The SMILES string of the molecule is CC(=O)Nc1cc(C(=O)NC(CCCO)c2ccccc2)ccc1C. The molecule has 5 heteroatoms. The normalized spacial score (nSPS) is 11.6. The Kier molecular flexibility index (Phi) is 6.71. The zero-order valence-electron chi connectivity index (χ0n) is 14.6. The van der Waals surface area contributed by atoms with Crippen LogP contribution in [0.25, 0.3) is 0 Å². The van der Waals surface area contributed by atoms with E-state index in [1.165, 1.54) is 6.92 Å². The van der Waals surface area contributed by atoms with Crippen molar-refractivity contribution in [3.05, 3.63) is 65.2 Å². The van der Waals surface area contributed by atoms with E-state index in [2.05, 4.69) is 10.6 Å². The summed E-state index contributed by atoms with van der Waals surface area (Å²) in [5.74, 6) is -0.385. The molecule has 0 fully saturated rings. The molecule has 1 unspecified atom stereocenters. The van der Waals surface area contributed by atoms with Crippen LogP contribution in [-0.2, 0) is 4.79 Å². The van der Waals surface area contributed by atoms with E-state index in [0.717, 1.165) is 11.1 Å². The molecule has 0 saturated carbocycles. The molecule has 0 aliphatic rings. The van der Waals surface area contributed by atoms with E-state index in [1.807, 2.05) is 43.3 Å². The number of carbonyl (C=O) groups excluding carboxylic acids is 2. The van der Waals surface area contributed by atoms with Crippen LogP contribution in [-0.4, -0.2) is 23.5 Å². The first-order valence-corrected chi connectivity index (χ1v) is 8.36. The molecular formula is C20H24N2O3. The summed E-state index contributed by atoms with van der Waals surface area (Å²) in [5, 5.41) is 14.9. The van der Waals surface area contributed by atoms with Gasteiger partial charge in [0.25, 0.3) is 5.91 Å². The van der Waals surface area contributed by atoms with Crippen LogP contribution >= 0.6 is 0 Å². The second-order valence-corrected chi connectivity index (χ2v) is 6.01. The summed E-state index contributed by atoms with van der Waals surface area (Å²) in [4.78, 5) is 23.9. The second-order valence-electron chi connectivity index (χ2n) is 6.01. The molecule has 0 spiro atoms. The summed E-state index contributed by atoms with van der Waals surface area (Å²) in [7, 11) is 0. The summed E-state index contributed by atoms with van der Waals surface area (Å²) in [6, 6.07) is 14.7. The molecule has 0 aliphatic carbocycles. The third-order valence-corrected chi connectivity index (χ3v) is 3.97. The number of aryl methyl sites for hydroxylation is 1. The molecule has 0 saturated heterocycles. The molecule has 5 nitrogen and oxygen atoms in total. The summed E-state index contributed by atoms with van der Waals surface area (Å²) in [6.45, 7) is 3.39. The topological polar surface area (TPSA) is 78.4 Å². The van der Waals surface area contributed by atoms with Crippen LogP contribution in [0.2, 0.25) is 0 Å². The van der Waals surface area contributed by atoms with Gasteiger partial charge in [0, 0.05) is 24.8 Å². The molecule has 2 rings (SSSR count). The molecular weight excluding hydrogens is 316 g/mol. The molecule has 25 heavy (non-hydrogen) atoms. The predicted molar refractivity (Wildman–Crippen MR) is 98.5 cm³/mol. The summed E-state index contributed by atoms with van der Waals surface area (Å²) in [5.41, 5.74) is 3.01. The predicted octanol–water partition coefficient (Wildman–Crippen LogP) is 3.20. The lowest BCUT2D eigenvalue weighted by molar-refractivity contribution is -0.114. The molecule has 0 bridgehead atoms. The molecule has 0 aliphatic heterocycles. The van der Waals surface area contributed by atoms with E-state index < -0.39 is 0 Å². The highest BCUT2D eigenvalue weighted by molar-refractivity contribution is 5.97. The number of anilines is 1. The van der Waals surface area contributed by atoms with Crippen LogP contribution in [0.3, 0.4) is 0 Å². The van der Waals surface area contributed by atoms with Crippen LogP contribution in [0.4, 0.5) is 5.69 Å². The smallest absolute Gasteiger partial charge is 0.251 e. The quantitative estimate of drug-likeness (QED) is 0.724. The largest absolute Gasteiger partial charge is 0.396 e. The highest BCUT2D eigenvalue weighted by Gasteiger charge is 2.16. The second kappa shape index (κ2) is 8.99. The molecule has 132 valence electrons. The van der Waals surface area contributed by atoms with Gasteiger partial charge in [0.2, 0.25) is 5.91 Å². The van der Waals surface area contributed by atoms with Gasteiger partial charge in [-0.3, -0.25) is 9.59 Å². The first kappa shape index (κ1) is 18.7. The van der Waals surface area contributed by atoms with E-state index >= 15 is 0 Å². The van der Waals surface area contributed by atoms with Crippen LogP contribution in [0, 0.1) is 6.92 Å². The van der Waals surface area contributed by atoms with Gasteiger partial charge in [0.15, 0.2) is 0 Å². The van der Waals surface area contributed by atoms with Crippen molar-refractivity contribution in [2.24, 2.45) is 0 Å². The third-order valence-electron chi connectivity index (χ3n) is 3.97. The number of rotatable bonds is 7. The molecule has 0 heterocycles. The van der Waals surface area contributed by atoms with Crippen LogP contribution in [0.5, 0.6) is 0 Å². The number of hydrogen-bond donors (Lipinski definition) is 3. The van der Waals surface area contributed by atoms with Gasteiger partial charge in [-0.05, 0) is 43.0 Å². The first-order valence-electron chi connectivity index (χ1n) is 8.36. The van der Waals surface area contributed by atoms with Crippen molar-refractivity contribution < 1.29 is 14.7 Å². The monoisotopic (exact) mass is 340 g/mol. The van der Waals surface area contributed by atoms with Gasteiger partial charge in [0.05, 0.1) is 6.04 Å². The van der Waals surface area contributed by atoms with Gasteiger partial charge in [-0.1, -0.05) is 36.4 Å². The summed E-state index contributed by atoms with van der Waals surface area (Å²) < 4.78 is 0. The van der Waals surface area contributed by atoms with Crippen molar-refractivity contribution in [1.29, 1.82) is 0 Å². The molecule has 2 aromatic carbocycles. The fourth-order valence-electron chi connectivity index (χ4n) is 2.63. The average molecular weight is 340 g/mol. The Balaban J connectivity index is 2.19. The highest BCUT2D eigenvalue weighted by Crippen LogP contribution is 2.21. The lowest BCUT2D eigenvalue weighted by Gasteiger charge is -2.19. The Morgan fingerprint density at radius 1 is 1.12 bits per heavy atom. The molecule has 2 aromatic rings. The van der Waals surface area contributed by atoms with Gasteiger partial charge in [-0.15, -0.1) is 0 Å². The maximum absolute atomic E-state index is 12.7. The van der Waals surface area contributed by atoms with Crippen molar-refractivity contribution in [2.45, 2.75) is 32.7 Å². The summed E-state index contributed by atoms with van der Waals surface area (Å²) >= 11 is 0. The Labute approximate surface area is 148 Å². The van der Waals surface area contributed by atoms with E-state index in [9.17, 15) is 9.59 Å². The number of aliphatic hydroxyl groups is 1. The molecule has 0 aromatic heterocycles. The van der Waals surface area contributed by atoms with Crippen LogP contribution in [0.15, 0.2) is 48.5 Å². The van der Waals surface area contributed by atoms with Crippen molar-refractivity contribution in [2.75, 3.05) is 11.9 Å². The van der Waals surface area contributed by atoms with Crippen molar-refractivity contribution in [1.82, 2.24) is 5.32 Å². The lowest BCUT2D eigenvalue weighted by atomic mass is 10.0. The van der Waals surface area contributed by atoms with Gasteiger partial charge in [-0.25, -0.2) is 0 Å². The summed E-state index contributed by atoms with van der Waals surface area (Å²) in [6.07, 6.45) is 1.25. The third kappa shape index (κ3) is 5.43. The van der Waals surface area contributed by atoms with E-state index in [0.29, 0.717) is 24.1 Å². The van der Waals surface area contributed by atoms with Crippen LogP contribution in [0.1, 0.15) is 47.3 Å². The number of hydrogen-bond acceptors (Lipinski definition) is 3. The van der Waals surface area contributed by atoms with Crippen molar-refractivity contribution >= 4 is 17.5 Å². The minimum absolute atomic E-state index is 0.0798. The number of aliphatic hydroxyl groups excluding tert-OH is 1. The van der Waals surface area contributed by atoms with Crippen LogP contribution < -0.4 is 10.6 Å². The van der Waals surface area contributed by atoms with E-state index in [-0.39, 0.29) is 24.5 Å². The number of carbonyl (C=O) groups is 2. The van der Waals surface area contributed by atoms with Crippen molar-refractivity contribution in [3.8, 4) is 0 Å². The lowest BCUT2D eigenvalue weighted by Crippen LogP contribution is -2.29. The minimum atomic E-state index is -0.210. The van der Waals surface area contributed by atoms with E-state index in [4.69, 9.17) is 5.11 Å². The standard InChI is InChI=1S/C20H24N2O3/c1-14-10-11-17(13-19(14)21-15(2)24)20(25)22-18(9-6-12-23)16-7-4-3-5-8-16/h3-5,7-8,10-11,13,18,23H,6,9,12H2,1-2H3,(H,21,24)(H,22,25). The molecule has 0 radical (unpaired) electrons. The maximum Gasteiger partial charge on any atom is 0.251 e. The van der Waals surface area contributed by atoms with Gasteiger partial charge in [0.1, 0.15) is 0 Å². The Morgan fingerprint density at radius 2 is 1.84 bits per heavy atom. The fraction of sp³-hybridized carbons (Fsp3) is 0.300. The molecule has 1 atom stereocenters. The molecule has 3 N–H and O–H groups in total. The Morgan fingerprint density at radius 3 is 2.48 bits per heavy atom. The zero-order chi connectivity index (χ0) is 18.2. The van der Waals surface area contributed by atoms with Gasteiger partial charge >= 0.3 is 0 Å². The highest BCUT2D eigenvalue weighted by atomic mass is 16.3. The first-order chi connectivity index (χ1) is 12.0. The zero-order valence-corrected chi connectivity index (χ0v) is 14.6.